The molecule has 0 aliphatic carbocycles. The van der Waals surface area contributed by atoms with Crippen LogP contribution >= 0.6 is 0 Å². The van der Waals surface area contributed by atoms with Crippen molar-refractivity contribution in [3.8, 4) is 11.5 Å². The van der Waals surface area contributed by atoms with Gasteiger partial charge in [-0.3, -0.25) is 14.9 Å². The maximum atomic E-state index is 10.8. The van der Waals surface area contributed by atoms with Gasteiger partial charge in [-0.25, -0.2) is 5.43 Å². The van der Waals surface area contributed by atoms with Crippen LogP contribution in [0.25, 0.3) is 0 Å². The van der Waals surface area contributed by atoms with Crippen molar-refractivity contribution in [2.24, 2.45) is 5.10 Å². The zero-order valence-electron chi connectivity index (χ0n) is 11.9. The van der Waals surface area contributed by atoms with Crippen LogP contribution in [0.4, 0.5) is 5.69 Å². The molecule has 118 valence electrons. The average Bonchev–Trinajstić information content (AvgIpc) is 2.56. The summed E-state index contributed by atoms with van der Waals surface area (Å²) in [5.41, 5.74) is 2.86. The molecule has 0 fully saturated rings. The largest absolute Gasteiger partial charge is 0.457 e. The van der Waals surface area contributed by atoms with Gasteiger partial charge in [0.1, 0.15) is 18.1 Å². The molecule has 0 radical (unpaired) electrons. The standard InChI is InChI=1S/C15H13N3O5/c19-10-15(20)17-16-9-11-1-5-13(6-2-11)23-14-7-3-12(4-8-14)18(21)22/h1-9,19H,10H2,(H,17,20)/b16-9+. The number of rotatable bonds is 6. The van der Waals surface area contributed by atoms with E-state index >= 15 is 0 Å². The first kappa shape index (κ1) is 16.1. The number of hydrazone groups is 1. The predicted molar refractivity (Wildman–Crippen MR) is 82.4 cm³/mol. The van der Waals surface area contributed by atoms with Crippen molar-refractivity contribution >= 4 is 17.8 Å². The predicted octanol–water partition coefficient (Wildman–Crippen LogP) is 1.83. The van der Waals surface area contributed by atoms with Gasteiger partial charge in [-0.05, 0) is 42.0 Å². The van der Waals surface area contributed by atoms with Crippen molar-refractivity contribution in [3.05, 3.63) is 64.2 Å². The maximum Gasteiger partial charge on any atom is 0.269 e. The van der Waals surface area contributed by atoms with Crippen LogP contribution in [0.15, 0.2) is 53.6 Å². The summed E-state index contributed by atoms with van der Waals surface area (Å²) in [6, 6.07) is 12.6. The van der Waals surface area contributed by atoms with Crippen LogP contribution in [0, 0.1) is 10.1 Å². The molecule has 0 atom stereocenters. The summed E-state index contributed by atoms with van der Waals surface area (Å²) in [6.07, 6.45) is 1.42. The molecule has 0 saturated heterocycles. The number of carbonyl (C=O) groups is 1. The zero-order valence-corrected chi connectivity index (χ0v) is 11.9. The number of hydrogen-bond acceptors (Lipinski definition) is 6. The number of ether oxygens (including phenoxy) is 1. The van der Waals surface area contributed by atoms with E-state index in [1.807, 2.05) is 0 Å². The van der Waals surface area contributed by atoms with Gasteiger partial charge in [0, 0.05) is 12.1 Å². The fourth-order valence-electron chi connectivity index (χ4n) is 1.61. The molecule has 0 aliphatic heterocycles. The lowest BCUT2D eigenvalue weighted by molar-refractivity contribution is -0.384. The van der Waals surface area contributed by atoms with Crippen LogP contribution in [0.3, 0.4) is 0 Å². The van der Waals surface area contributed by atoms with Crippen molar-refractivity contribution in [1.82, 2.24) is 5.43 Å². The van der Waals surface area contributed by atoms with Gasteiger partial charge >= 0.3 is 0 Å². The van der Waals surface area contributed by atoms with Crippen molar-refractivity contribution < 1.29 is 19.6 Å². The Kier molecular flexibility index (Phi) is 5.37. The first-order valence-corrected chi connectivity index (χ1v) is 6.53. The van der Waals surface area contributed by atoms with Gasteiger partial charge in [-0.1, -0.05) is 0 Å². The Bertz CT molecular complexity index is 711. The number of amides is 1. The molecule has 0 spiro atoms. The van der Waals surface area contributed by atoms with E-state index in [0.29, 0.717) is 11.5 Å². The van der Waals surface area contributed by atoms with E-state index < -0.39 is 17.4 Å². The van der Waals surface area contributed by atoms with Gasteiger partial charge in [0.15, 0.2) is 0 Å². The summed E-state index contributed by atoms with van der Waals surface area (Å²) in [6.45, 7) is -0.626. The topological polar surface area (TPSA) is 114 Å². The number of aliphatic hydroxyl groups excluding tert-OH is 1. The lowest BCUT2D eigenvalue weighted by Crippen LogP contribution is -2.20. The molecule has 23 heavy (non-hydrogen) atoms. The van der Waals surface area contributed by atoms with Crippen LogP contribution < -0.4 is 10.2 Å². The third-order valence-corrected chi connectivity index (χ3v) is 2.71. The molecule has 0 unspecified atom stereocenters. The highest BCUT2D eigenvalue weighted by molar-refractivity contribution is 5.82. The van der Waals surface area contributed by atoms with Crippen LogP contribution in [-0.2, 0) is 4.79 Å². The molecule has 2 N–H and O–H groups in total. The van der Waals surface area contributed by atoms with Gasteiger partial charge in [0.2, 0.25) is 0 Å². The summed E-state index contributed by atoms with van der Waals surface area (Å²) >= 11 is 0. The van der Waals surface area contributed by atoms with Gasteiger partial charge in [-0.15, -0.1) is 0 Å². The van der Waals surface area contributed by atoms with Crippen LogP contribution in [0.5, 0.6) is 11.5 Å². The Labute approximate surface area is 131 Å². The lowest BCUT2D eigenvalue weighted by Gasteiger charge is -2.05. The summed E-state index contributed by atoms with van der Waals surface area (Å²) in [4.78, 5) is 20.9. The third kappa shape index (κ3) is 4.90. The number of hydrogen-bond donors (Lipinski definition) is 2. The zero-order chi connectivity index (χ0) is 16.7. The number of benzene rings is 2. The number of aliphatic hydroxyl groups is 1. The van der Waals surface area contributed by atoms with E-state index in [1.165, 1.54) is 30.5 Å². The molecule has 1 amide bonds. The number of carbonyl (C=O) groups excluding carboxylic acids is 1. The first-order valence-electron chi connectivity index (χ1n) is 6.53. The van der Waals surface area contributed by atoms with Crippen molar-refractivity contribution in [3.63, 3.8) is 0 Å². The quantitative estimate of drug-likeness (QED) is 0.479. The Morgan fingerprint density at radius 2 is 1.74 bits per heavy atom. The molecular formula is C15H13N3O5. The van der Waals surface area contributed by atoms with Crippen LogP contribution in [-0.4, -0.2) is 28.8 Å². The van der Waals surface area contributed by atoms with Gasteiger partial charge in [0.25, 0.3) is 11.6 Å². The monoisotopic (exact) mass is 315 g/mol. The van der Waals surface area contributed by atoms with E-state index in [4.69, 9.17) is 9.84 Å². The minimum atomic E-state index is -0.626. The molecule has 2 aromatic carbocycles. The van der Waals surface area contributed by atoms with E-state index in [0.717, 1.165) is 5.56 Å². The minimum absolute atomic E-state index is 0.00571. The van der Waals surface area contributed by atoms with E-state index in [2.05, 4.69) is 10.5 Å². The Morgan fingerprint density at radius 3 is 2.26 bits per heavy atom. The Hall–Kier alpha value is -3.26. The highest BCUT2D eigenvalue weighted by Crippen LogP contribution is 2.23. The third-order valence-electron chi connectivity index (χ3n) is 2.71. The Morgan fingerprint density at radius 1 is 1.17 bits per heavy atom. The summed E-state index contributed by atoms with van der Waals surface area (Å²) in [5.74, 6) is 0.432. The smallest absolute Gasteiger partial charge is 0.269 e. The second kappa shape index (κ2) is 7.66. The second-order valence-corrected chi connectivity index (χ2v) is 4.37. The molecule has 0 heterocycles. The molecule has 2 aromatic rings. The summed E-state index contributed by atoms with van der Waals surface area (Å²) < 4.78 is 5.56. The van der Waals surface area contributed by atoms with Crippen LogP contribution in [0.2, 0.25) is 0 Å². The number of nitrogens with zero attached hydrogens (tertiary/aromatic N) is 2. The van der Waals surface area contributed by atoms with Gasteiger partial charge in [-0.2, -0.15) is 5.10 Å². The summed E-state index contributed by atoms with van der Waals surface area (Å²) in [5, 5.41) is 22.7. The molecule has 0 aromatic heterocycles. The fraction of sp³-hybridized carbons (Fsp3) is 0.0667. The molecular weight excluding hydrogens is 302 g/mol. The van der Waals surface area contributed by atoms with Gasteiger partial charge in [0.05, 0.1) is 11.1 Å². The summed E-state index contributed by atoms with van der Waals surface area (Å²) in [7, 11) is 0. The van der Waals surface area contributed by atoms with Crippen molar-refractivity contribution in [1.29, 1.82) is 0 Å². The average molecular weight is 315 g/mol. The highest BCUT2D eigenvalue weighted by atomic mass is 16.6. The molecule has 0 aliphatic rings. The van der Waals surface area contributed by atoms with E-state index in [9.17, 15) is 14.9 Å². The Balaban J connectivity index is 1.96. The number of nitro groups is 1. The van der Waals surface area contributed by atoms with Crippen LogP contribution in [0.1, 0.15) is 5.56 Å². The van der Waals surface area contributed by atoms with E-state index in [-0.39, 0.29) is 5.69 Å². The molecule has 8 nitrogen and oxygen atoms in total. The van der Waals surface area contributed by atoms with E-state index in [1.54, 1.807) is 24.3 Å². The fourth-order valence-corrected chi connectivity index (χ4v) is 1.61. The normalized spacial score (nSPS) is 10.5. The SMILES string of the molecule is O=C(CO)N/N=C/c1ccc(Oc2ccc([N+](=O)[O-])cc2)cc1. The highest BCUT2D eigenvalue weighted by Gasteiger charge is 2.05. The first-order chi connectivity index (χ1) is 11.1. The van der Waals surface area contributed by atoms with Crippen molar-refractivity contribution in [2.75, 3.05) is 6.61 Å². The maximum absolute atomic E-state index is 10.8. The van der Waals surface area contributed by atoms with Gasteiger partial charge < -0.3 is 9.84 Å². The minimum Gasteiger partial charge on any atom is -0.457 e. The second-order valence-electron chi connectivity index (χ2n) is 4.37. The number of nitrogens with one attached hydrogen (secondary N) is 1. The lowest BCUT2D eigenvalue weighted by atomic mass is 10.2. The molecule has 8 heteroatoms. The number of nitro benzene ring substituents is 1. The molecule has 0 bridgehead atoms. The molecule has 2 rings (SSSR count). The number of non-ortho nitro benzene ring substituents is 1. The van der Waals surface area contributed by atoms with Crippen molar-refractivity contribution in [2.45, 2.75) is 0 Å². The molecule has 0 saturated carbocycles.